The molecule has 1 aliphatic carbocycles. The molecule has 3 aliphatic rings. The zero-order valence-corrected chi connectivity index (χ0v) is 11.8. The molecular weight excluding hydrogens is 274 g/mol. The monoisotopic (exact) mass is 289 g/mol. The summed E-state index contributed by atoms with van der Waals surface area (Å²) < 4.78 is 0. The number of amides is 2. The molecular formula is C14H15N3O2S. The summed E-state index contributed by atoms with van der Waals surface area (Å²) in [5.41, 5.74) is 8.38. The van der Waals surface area contributed by atoms with Crippen molar-refractivity contribution in [1.82, 2.24) is 10.2 Å². The van der Waals surface area contributed by atoms with Crippen LogP contribution in [-0.4, -0.2) is 27.7 Å². The number of piperidine rings is 1. The fraction of sp³-hybridized carbons (Fsp3) is 0.357. The standard InChI is InChI=1S/C14H15N3O2S/c1-7-5-6-10(12(18)16-7)17-13(19)11-8(14(17)20)3-2-4-9(11)15/h3,10H,1-2,4-6,15H2,(H,16,18). The fourth-order valence-corrected chi connectivity index (χ4v) is 3.25. The van der Waals surface area contributed by atoms with Gasteiger partial charge in [0.15, 0.2) is 0 Å². The summed E-state index contributed by atoms with van der Waals surface area (Å²) in [6, 6.07) is -0.563. The average Bonchev–Trinajstić information content (AvgIpc) is 2.64. The highest BCUT2D eigenvalue weighted by Gasteiger charge is 2.45. The lowest BCUT2D eigenvalue weighted by Gasteiger charge is -2.30. The van der Waals surface area contributed by atoms with Gasteiger partial charge in [-0.1, -0.05) is 24.9 Å². The molecule has 0 saturated carbocycles. The maximum Gasteiger partial charge on any atom is 0.262 e. The number of carbonyl (C=O) groups is 2. The first kappa shape index (κ1) is 13.1. The molecule has 0 radical (unpaired) electrons. The van der Waals surface area contributed by atoms with Gasteiger partial charge in [-0.25, -0.2) is 0 Å². The number of likely N-dealkylation sites (tertiary alicyclic amines) is 1. The third-order valence-corrected chi connectivity index (χ3v) is 4.28. The summed E-state index contributed by atoms with van der Waals surface area (Å²) in [5.74, 6) is -0.471. The van der Waals surface area contributed by atoms with Crippen LogP contribution in [0.25, 0.3) is 0 Å². The van der Waals surface area contributed by atoms with Crippen molar-refractivity contribution in [3.63, 3.8) is 0 Å². The van der Waals surface area contributed by atoms with Crippen molar-refractivity contribution >= 4 is 29.0 Å². The van der Waals surface area contributed by atoms with Crippen LogP contribution in [0.1, 0.15) is 25.7 Å². The maximum absolute atomic E-state index is 12.5. The average molecular weight is 289 g/mol. The number of rotatable bonds is 1. The second kappa shape index (κ2) is 4.56. The Labute approximate surface area is 122 Å². The Bertz CT molecular complexity index is 618. The minimum Gasteiger partial charge on any atom is -0.401 e. The van der Waals surface area contributed by atoms with Crippen molar-refractivity contribution in [3.8, 4) is 0 Å². The molecule has 3 rings (SSSR count). The molecule has 0 aromatic carbocycles. The van der Waals surface area contributed by atoms with Gasteiger partial charge in [-0.05, 0) is 25.7 Å². The third kappa shape index (κ3) is 1.79. The zero-order chi connectivity index (χ0) is 14.4. The molecule has 0 aromatic rings. The van der Waals surface area contributed by atoms with E-state index in [4.69, 9.17) is 18.0 Å². The largest absolute Gasteiger partial charge is 0.401 e. The lowest BCUT2D eigenvalue weighted by Crippen LogP contribution is -2.51. The minimum absolute atomic E-state index is 0.227. The van der Waals surface area contributed by atoms with Crippen molar-refractivity contribution < 1.29 is 9.59 Å². The van der Waals surface area contributed by atoms with Crippen LogP contribution in [0.3, 0.4) is 0 Å². The number of thiocarbonyl (C=S) groups is 1. The van der Waals surface area contributed by atoms with Gasteiger partial charge in [-0.2, -0.15) is 0 Å². The molecule has 1 atom stereocenters. The Hall–Kier alpha value is -1.95. The van der Waals surface area contributed by atoms with Gasteiger partial charge >= 0.3 is 0 Å². The summed E-state index contributed by atoms with van der Waals surface area (Å²) in [7, 11) is 0. The van der Waals surface area contributed by atoms with E-state index in [2.05, 4.69) is 11.9 Å². The molecule has 20 heavy (non-hydrogen) atoms. The van der Waals surface area contributed by atoms with E-state index in [1.54, 1.807) is 0 Å². The van der Waals surface area contributed by atoms with Crippen LogP contribution in [0.15, 0.2) is 35.2 Å². The highest BCUT2D eigenvalue weighted by Crippen LogP contribution is 2.35. The lowest BCUT2D eigenvalue weighted by molar-refractivity contribution is -0.133. The lowest BCUT2D eigenvalue weighted by atomic mass is 9.97. The zero-order valence-electron chi connectivity index (χ0n) is 10.9. The van der Waals surface area contributed by atoms with E-state index in [-0.39, 0.29) is 11.8 Å². The first-order valence-corrected chi connectivity index (χ1v) is 6.97. The molecule has 2 heterocycles. The van der Waals surface area contributed by atoms with E-state index in [1.807, 2.05) is 6.08 Å². The first-order valence-electron chi connectivity index (χ1n) is 6.56. The van der Waals surface area contributed by atoms with Gasteiger partial charge in [-0.15, -0.1) is 0 Å². The van der Waals surface area contributed by atoms with Gasteiger partial charge < -0.3 is 11.1 Å². The van der Waals surface area contributed by atoms with Gasteiger partial charge in [0.05, 0.1) is 5.57 Å². The van der Waals surface area contributed by atoms with Crippen LogP contribution < -0.4 is 11.1 Å². The number of hydrogen-bond acceptors (Lipinski definition) is 4. The van der Waals surface area contributed by atoms with Crippen LogP contribution in [0.2, 0.25) is 0 Å². The molecule has 0 spiro atoms. The first-order chi connectivity index (χ1) is 9.50. The van der Waals surface area contributed by atoms with Crippen LogP contribution in [0.4, 0.5) is 0 Å². The van der Waals surface area contributed by atoms with E-state index in [9.17, 15) is 9.59 Å². The molecule has 104 valence electrons. The predicted molar refractivity (Wildman–Crippen MR) is 78.3 cm³/mol. The molecule has 6 heteroatoms. The number of fused-ring (bicyclic) bond motifs is 1. The number of nitrogens with two attached hydrogens (primary N) is 1. The Kier molecular flexibility index (Phi) is 2.97. The molecule has 3 N–H and O–H groups in total. The molecule has 0 bridgehead atoms. The second-order valence-electron chi connectivity index (χ2n) is 5.18. The molecule has 2 amide bonds. The summed E-state index contributed by atoms with van der Waals surface area (Å²) in [6.45, 7) is 3.74. The fourth-order valence-electron chi connectivity index (χ4n) is 2.85. The Morgan fingerprint density at radius 3 is 2.80 bits per heavy atom. The predicted octanol–water partition coefficient (Wildman–Crippen LogP) is 0.881. The van der Waals surface area contributed by atoms with Gasteiger partial charge in [0.25, 0.3) is 5.91 Å². The number of hydrogen-bond donors (Lipinski definition) is 2. The summed E-state index contributed by atoms with van der Waals surface area (Å²) >= 11 is 5.38. The van der Waals surface area contributed by atoms with Gasteiger partial charge in [0.1, 0.15) is 11.0 Å². The Morgan fingerprint density at radius 2 is 2.15 bits per heavy atom. The molecule has 2 saturated heterocycles. The van der Waals surface area contributed by atoms with Crippen molar-refractivity contribution in [1.29, 1.82) is 0 Å². The van der Waals surface area contributed by atoms with E-state index < -0.39 is 6.04 Å². The van der Waals surface area contributed by atoms with Crippen LogP contribution >= 0.6 is 12.2 Å². The van der Waals surface area contributed by atoms with E-state index in [0.29, 0.717) is 46.8 Å². The smallest absolute Gasteiger partial charge is 0.262 e. The highest BCUT2D eigenvalue weighted by molar-refractivity contribution is 7.80. The molecule has 5 nitrogen and oxygen atoms in total. The third-order valence-electron chi connectivity index (χ3n) is 3.87. The normalized spacial score (nSPS) is 26.7. The Balaban J connectivity index is 1.98. The van der Waals surface area contributed by atoms with E-state index in [0.717, 1.165) is 6.42 Å². The SMILES string of the molecule is C=C1CCC(N2C(=O)C3=C(N)CCC=C3C2=S)C(=O)N1. The van der Waals surface area contributed by atoms with E-state index >= 15 is 0 Å². The quantitative estimate of drug-likeness (QED) is 0.703. The maximum atomic E-state index is 12.5. The highest BCUT2D eigenvalue weighted by atomic mass is 32.1. The summed E-state index contributed by atoms with van der Waals surface area (Å²) in [4.78, 5) is 26.5. The molecule has 2 aliphatic heterocycles. The number of allylic oxidation sites excluding steroid dienone is 3. The minimum atomic E-state index is -0.563. The van der Waals surface area contributed by atoms with Crippen molar-refractivity contribution in [3.05, 3.63) is 35.2 Å². The van der Waals surface area contributed by atoms with Crippen molar-refractivity contribution in [2.45, 2.75) is 31.7 Å². The van der Waals surface area contributed by atoms with Crippen LogP contribution in [0, 0.1) is 0 Å². The second-order valence-corrected chi connectivity index (χ2v) is 5.57. The molecule has 1 unspecified atom stereocenters. The molecule has 0 aromatic heterocycles. The van der Waals surface area contributed by atoms with Gasteiger partial charge in [0.2, 0.25) is 5.91 Å². The summed E-state index contributed by atoms with van der Waals surface area (Å²) in [6.07, 6.45) is 4.56. The van der Waals surface area contributed by atoms with Crippen LogP contribution in [0.5, 0.6) is 0 Å². The topological polar surface area (TPSA) is 75.4 Å². The van der Waals surface area contributed by atoms with Crippen LogP contribution in [-0.2, 0) is 9.59 Å². The molecule has 2 fully saturated rings. The number of nitrogens with zero attached hydrogens (tertiary/aromatic N) is 1. The van der Waals surface area contributed by atoms with Crippen molar-refractivity contribution in [2.75, 3.05) is 0 Å². The number of nitrogens with one attached hydrogen (secondary N) is 1. The summed E-state index contributed by atoms with van der Waals surface area (Å²) in [5, 5.41) is 2.69. The van der Waals surface area contributed by atoms with Gasteiger partial charge in [-0.3, -0.25) is 14.5 Å². The van der Waals surface area contributed by atoms with E-state index in [1.165, 1.54) is 4.90 Å². The van der Waals surface area contributed by atoms with Crippen molar-refractivity contribution in [2.24, 2.45) is 5.73 Å². The Morgan fingerprint density at radius 1 is 1.40 bits per heavy atom. The number of carbonyl (C=O) groups excluding carboxylic acids is 2. The van der Waals surface area contributed by atoms with Gasteiger partial charge in [0, 0.05) is 17.0 Å².